The number of hydrogen-bond acceptors (Lipinski definition) is 3. The molecule has 2 heterocycles. The van der Waals surface area contributed by atoms with Crippen LogP contribution < -0.4 is 9.47 Å². The van der Waals surface area contributed by atoms with Gasteiger partial charge in [-0.3, -0.25) is 4.98 Å². The Kier molecular flexibility index (Phi) is 4.40. The van der Waals surface area contributed by atoms with Gasteiger partial charge in [-0.25, -0.2) is 0 Å². The summed E-state index contributed by atoms with van der Waals surface area (Å²) in [4.78, 5) is 4.73. The minimum Gasteiger partial charge on any atom is -0.493 e. The molecule has 0 spiro atoms. The molecule has 0 aliphatic heterocycles. The fourth-order valence-electron chi connectivity index (χ4n) is 4.33. The van der Waals surface area contributed by atoms with Crippen LogP contribution in [-0.4, -0.2) is 23.8 Å². The van der Waals surface area contributed by atoms with Crippen molar-refractivity contribution in [3.05, 3.63) is 72.4 Å². The van der Waals surface area contributed by atoms with Crippen molar-refractivity contribution in [2.24, 2.45) is 0 Å². The number of ether oxygens (including phenoxy) is 2. The molecule has 0 aliphatic carbocycles. The van der Waals surface area contributed by atoms with Gasteiger partial charge in [0.1, 0.15) is 0 Å². The Morgan fingerprint density at radius 2 is 1.45 bits per heavy atom. The summed E-state index contributed by atoms with van der Waals surface area (Å²) in [6.45, 7) is 6.70. The molecule has 0 unspecified atom stereocenters. The number of methoxy groups -OCH3 is 2. The monoisotopic (exact) mass is 410 g/mol. The molecular weight excluding hydrogens is 384 g/mol. The summed E-state index contributed by atoms with van der Waals surface area (Å²) >= 11 is 0. The van der Waals surface area contributed by atoms with E-state index in [9.17, 15) is 0 Å². The molecule has 0 bridgehead atoms. The Morgan fingerprint density at radius 3 is 2.13 bits per heavy atom. The van der Waals surface area contributed by atoms with Crippen LogP contribution in [0.25, 0.3) is 38.4 Å². The second-order valence-electron chi connectivity index (χ2n) is 8.89. The van der Waals surface area contributed by atoms with E-state index in [-0.39, 0.29) is 5.41 Å². The Balaban J connectivity index is 1.93. The number of rotatable bonds is 3. The van der Waals surface area contributed by atoms with E-state index in [1.165, 1.54) is 5.56 Å². The van der Waals surface area contributed by atoms with E-state index in [1.54, 1.807) is 14.2 Å². The number of benzene rings is 3. The highest BCUT2D eigenvalue weighted by Crippen LogP contribution is 2.41. The SMILES string of the molecule is COc1cc2c3cnc4ccccc4c3n(-c3ccc(C(C)(C)C)cc3)c2cc1OC. The summed E-state index contributed by atoms with van der Waals surface area (Å²) in [6, 6.07) is 21.2. The van der Waals surface area contributed by atoms with E-state index in [0.29, 0.717) is 11.5 Å². The highest BCUT2D eigenvalue weighted by Gasteiger charge is 2.19. The van der Waals surface area contributed by atoms with Crippen LogP contribution in [-0.2, 0) is 5.41 Å². The lowest BCUT2D eigenvalue weighted by molar-refractivity contribution is 0.356. The largest absolute Gasteiger partial charge is 0.493 e. The van der Waals surface area contributed by atoms with E-state index in [1.807, 2.05) is 18.3 Å². The Bertz CT molecular complexity index is 1420. The molecule has 0 radical (unpaired) electrons. The van der Waals surface area contributed by atoms with Crippen LogP contribution in [0, 0.1) is 0 Å². The lowest BCUT2D eigenvalue weighted by atomic mass is 9.87. The zero-order valence-electron chi connectivity index (χ0n) is 18.6. The first kappa shape index (κ1) is 19.4. The molecule has 156 valence electrons. The van der Waals surface area contributed by atoms with Crippen molar-refractivity contribution in [3.63, 3.8) is 0 Å². The summed E-state index contributed by atoms with van der Waals surface area (Å²) in [5.41, 5.74) is 5.70. The molecule has 0 fully saturated rings. The number of para-hydroxylation sites is 1. The van der Waals surface area contributed by atoms with Gasteiger partial charge in [0, 0.05) is 34.1 Å². The van der Waals surface area contributed by atoms with Gasteiger partial charge in [0.15, 0.2) is 11.5 Å². The predicted molar refractivity (Wildman–Crippen MR) is 128 cm³/mol. The van der Waals surface area contributed by atoms with Gasteiger partial charge in [-0.05, 0) is 35.2 Å². The smallest absolute Gasteiger partial charge is 0.162 e. The molecule has 0 saturated carbocycles. The van der Waals surface area contributed by atoms with Gasteiger partial charge in [-0.1, -0.05) is 51.1 Å². The fraction of sp³-hybridized carbons (Fsp3) is 0.222. The Hall–Kier alpha value is -3.53. The molecule has 0 saturated heterocycles. The maximum absolute atomic E-state index is 5.63. The molecule has 2 aromatic heterocycles. The van der Waals surface area contributed by atoms with Crippen molar-refractivity contribution in [1.29, 1.82) is 0 Å². The second-order valence-corrected chi connectivity index (χ2v) is 8.89. The molecular formula is C27H26N2O2. The normalized spacial score (nSPS) is 12.0. The quantitative estimate of drug-likeness (QED) is 0.334. The van der Waals surface area contributed by atoms with Crippen LogP contribution in [0.3, 0.4) is 0 Å². The van der Waals surface area contributed by atoms with Crippen LogP contribution in [0.5, 0.6) is 11.5 Å². The van der Waals surface area contributed by atoms with Crippen LogP contribution in [0.1, 0.15) is 26.3 Å². The lowest BCUT2D eigenvalue weighted by Crippen LogP contribution is -2.10. The third-order valence-corrected chi connectivity index (χ3v) is 6.00. The average molecular weight is 411 g/mol. The van der Waals surface area contributed by atoms with E-state index in [0.717, 1.165) is 38.4 Å². The highest BCUT2D eigenvalue weighted by atomic mass is 16.5. The van der Waals surface area contributed by atoms with Gasteiger partial charge in [0.2, 0.25) is 0 Å². The Morgan fingerprint density at radius 1 is 0.774 bits per heavy atom. The van der Waals surface area contributed by atoms with E-state index in [2.05, 4.69) is 73.9 Å². The summed E-state index contributed by atoms with van der Waals surface area (Å²) < 4.78 is 13.5. The van der Waals surface area contributed by atoms with Crippen molar-refractivity contribution in [1.82, 2.24) is 9.55 Å². The van der Waals surface area contributed by atoms with Crippen LogP contribution in [0.4, 0.5) is 0 Å². The lowest BCUT2D eigenvalue weighted by Gasteiger charge is -2.19. The third-order valence-electron chi connectivity index (χ3n) is 6.00. The van der Waals surface area contributed by atoms with Gasteiger partial charge in [-0.15, -0.1) is 0 Å². The summed E-state index contributed by atoms with van der Waals surface area (Å²) in [5, 5.41) is 3.30. The summed E-state index contributed by atoms with van der Waals surface area (Å²) in [7, 11) is 3.34. The molecule has 5 rings (SSSR count). The van der Waals surface area contributed by atoms with E-state index in [4.69, 9.17) is 14.5 Å². The van der Waals surface area contributed by atoms with Crippen LogP contribution in [0.2, 0.25) is 0 Å². The van der Waals surface area contributed by atoms with Gasteiger partial charge in [0.05, 0.1) is 30.8 Å². The molecule has 0 aliphatic rings. The molecule has 0 amide bonds. The summed E-state index contributed by atoms with van der Waals surface area (Å²) in [5.74, 6) is 1.42. The number of hydrogen-bond donors (Lipinski definition) is 0. The van der Waals surface area contributed by atoms with Crippen molar-refractivity contribution in [3.8, 4) is 17.2 Å². The first-order valence-corrected chi connectivity index (χ1v) is 10.5. The molecule has 31 heavy (non-hydrogen) atoms. The van der Waals surface area contributed by atoms with E-state index < -0.39 is 0 Å². The molecule has 4 heteroatoms. The first-order valence-electron chi connectivity index (χ1n) is 10.5. The molecule has 4 nitrogen and oxygen atoms in total. The zero-order chi connectivity index (χ0) is 21.8. The third kappa shape index (κ3) is 3.02. The standard InChI is InChI=1S/C27H26N2O2/c1-27(2,3)17-10-12-18(13-11-17)29-23-15-25(31-5)24(30-4)14-20(23)21-16-28-22-9-7-6-8-19(22)26(21)29/h6-16H,1-5H3. The van der Waals surface area contributed by atoms with Crippen molar-refractivity contribution in [2.75, 3.05) is 14.2 Å². The van der Waals surface area contributed by atoms with Crippen molar-refractivity contribution >= 4 is 32.7 Å². The molecule has 0 N–H and O–H groups in total. The number of aromatic nitrogens is 2. The topological polar surface area (TPSA) is 36.3 Å². The van der Waals surface area contributed by atoms with Crippen LogP contribution in [0.15, 0.2) is 66.9 Å². The first-order chi connectivity index (χ1) is 14.9. The molecule has 5 aromatic rings. The van der Waals surface area contributed by atoms with Gasteiger partial charge >= 0.3 is 0 Å². The number of nitrogens with zero attached hydrogens (tertiary/aromatic N) is 2. The number of pyridine rings is 1. The number of fused-ring (bicyclic) bond motifs is 5. The average Bonchev–Trinajstić information content (AvgIpc) is 3.11. The maximum Gasteiger partial charge on any atom is 0.162 e. The minimum atomic E-state index is 0.104. The molecule has 0 atom stereocenters. The highest BCUT2D eigenvalue weighted by molar-refractivity contribution is 6.18. The van der Waals surface area contributed by atoms with Gasteiger partial charge in [-0.2, -0.15) is 0 Å². The van der Waals surface area contributed by atoms with Gasteiger partial charge < -0.3 is 14.0 Å². The van der Waals surface area contributed by atoms with Crippen molar-refractivity contribution in [2.45, 2.75) is 26.2 Å². The predicted octanol–water partition coefficient (Wildman–Crippen LogP) is 6.65. The van der Waals surface area contributed by atoms with Crippen molar-refractivity contribution < 1.29 is 9.47 Å². The zero-order valence-corrected chi connectivity index (χ0v) is 18.6. The van der Waals surface area contributed by atoms with Gasteiger partial charge in [0.25, 0.3) is 0 Å². The maximum atomic E-state index is 5.63. The Labute approximate surface area is 182 Å². The van der Waals surface area contributed by atoms with E-state index >= 15 is 0 Å². The molecule has 3 aromatic carbocycles. The summed E-state index contributed by atoms with van der Waals surface area (Å²) in [6.07, 6.45) is 1.96. The fourth-order valence-corrected chi connectivity index (χ4v) is 4.33. The van der Waals surface area contributed by atoms with Crippen LogP contribution >= 0.6 is 0 Å². The second kappa shape index (κ2) is 7.02. The minimum absolute atomic E-state index is 0.104.